The van der Waals surface area contributed by atoms with E-state index in [0.29, 0.717) is 16.6 Å². The second-order valence-corrected chi connectivity index (χ2v) is 7.17. The Bertz CT molecular complexity index is 792. The summed E-state index contributed by atoms with van der Waals surface area (Å²) in [5.41, 5.74) is 7.95. The van der Waals surface area contributed by atoms with Crippen LogP contribution < -0.4 is 5.73 Å². The first-order valence-electron chi connectivity index (χ1n) is 8.46. The predicted molar refractivity (Wildman–Crippen MR) is 98.5 cm³/mol. The molecular formula is C19H20N4OS. The molecule has 0 unspecified atom stereocenters. The molecule has 2 N–H and O–H groups in total. The van der Waals surface area contributed by atoms with E-state index in [-0.39, 0.29) is 22.9 Å². The number of carbonyl (C=O) groups excluding carboxylic acids is 1. The summed E-state index contributed by atoms with van der Waals surface area (Å²) in [6.45, 7) is 0. The first-order chi connectivity index (χ1) is 12.2. The Morgan fingerprint density at radius 1 is 1.24 bits per heavy atom. The van der Waals surface area contributed by atoms with E-state index < -0.39 is 0 Å². The Hall–Kier alpha value is -2.39. The monoisotopic (exact) mass is 352 g/mol. The van der Waals surface area contributed by atoms with E-state index in [4.69, 9.17) is 11.0 Å². The van der Waals surface area contributed by atoms with E-state index >= 15 is 0 Å². The van der Waals surface area contributed by atoms with E-state index in [1.54, 1.807) is 0 Å². The predicted octanol–water partition coefficient (Wildman–Crippen LogP) is 3.95. The van der Waals surface area contributed by atoms with Crippen LogP contribution in [-0.2, 0) is 0 Å². The van der Waals surface area contributed by atoms with Crippen molar-refractivity contribution < 1.29 is 4.79 Å². The van der Waals surface area contributed by atoms with Gasteiger partial charge in [-0.1, -0.05) is 55.3 Å². The van der Waals surface area contributed by atoms with E-state index in [0.717, 1.165) is 0 Å². The zero-order valence-electron chi connectivity index (χ0n) is 13.9. The van der Waals surface area contributed by atoms with Gasteiger partial charge in [0.05, 0.1) is 11.9 Å². The van der Waals surface area contributed by atoms with Gasteiger partial charge in [-0.15, -0.1) is 0 Å². The number of nitriles is 1. The number of nitrogens with two attached hydrogens (primary N) is 1. The summed E-state index contributed by atoms with van der Waals surface area (Å²) in [5.74, 6) is 1.06. The summed E-state index contributed by atoms with van der Waals surface area (Å²) in [4.78, 5) is 20.4. The Kier molecular flexibility index (Phi) is 5.67. The minimum absolute atomic E-state index is 0.0340. The molecule has 25 heavy (non-hydrogen) atoms. The molecular weight excluding hydrogens is 332 g/mol. The first kappa shape index (κ1) is 17.4. The van der Waals surface area contributed by atoms with Gasteiger partial charge in [0.15, 0.2) is 10.9 Å². The van der Waals surface area contributed by atoms with Gasteiger partial charge < -0.3 is 5.73 Å². The van der Waals surface area contributed by atoms with Crippen molar-refractivity contribution in [1.29, 1.82) is 5.26 Å². The molecule has 1 aromatic heterocycles. The molecule has 1 fully saturated rings. The highest BCUT2D eigenvalue weighted by atomic mass is 32.2. The quantitative estimate of drug-likeness (QED) is 0.497. The molecule has 2 aromatic rings. The SMILES string of the molecule is N#Cc1cnc(SCC(=O)c2ccc(C3CCCCC3)cc2)nc1N. The van der Waals surface area contributed by atoms with Crippen LogP contribution in [0, 0.1) is 11.3 Å². The maximum absolute atomic E-state index is 12.4. The molecule has 128 valence electrons. The minimum Gasteiger partial charge on any atom is -0.382 e. The fourth-order valence-corrected chi connectivity index (χ4v) is 3.84. The first-order valence-corrected chi connectivity index (χ1v) is 9.44. The van der Waals surface area contributed by atoms with E-state index in [9.17, 15) is 4.79 Å². The van der Waals surface area contributed by atoms with Gasteiger partial charge >= 0.3 is 0 Å². The largest absolute Gasteiger partial charge is 0.382 e. The normalized spacial score (nSPS) is 14.8. The van der Waals surface area contributed by atoms with Crippen molar-refractivity contribution in [2.75, 3.05) is 11.5 Å². The maximum atomic E-state index is 12.4. The third kappa shape index (κ3) is 4.37. The molecule has 1 heterocycles. The van der Waals surface area contributed by atoms with Gasteiger partial charge in [0, 0.05) is 5.56 Å². The Morgan fingerprint density at radius 2 is 1.96 bits per heavy atom. The molecule has 0 amide bonds. The number of rotatable bonds is 5. The van der Waals surface area contributed by atoms with Crippen LogP contribution in [-0.4, -0.2) is 21.5 Å². The molecule has 0 spiro atoms. The lowest BCUT2D eigenvalue weighted by atomic mass is 9.84. The number of Topliss-reactive ketones (excluding diaryl/α,β-unsaturated/α-hetero) is 1. The van der Waals surface area contributed by atoms with Gasteiger partial charge in [-0.05, 0) is 24.3 Å². The number of hydrogen-bond acceptors (Lipinski definition) is 6. The Morgan fingerprint density at radius 3 is 2.60 bits per heavy atom. The van der Waals surface area contributed by atoms with E-state index in [1.165, 1.54) is 55.6 Å². The van der Waals surface area contributed by atoms with Crippen molar-refractivity contribution in [1.82, 2.24) is 9.97 Å². The number of nitrogens with zero attached hydrogens (tertiary/aromatic N) is 3. The number of carbonyl (C=O) groups is 1. The molecule has 0 saturated heterocycles. The molecule has 0 atom stereocenters. The Balaban J connectivity index is 1.59. The van der Waals surface area contributed by atoms with Crippen LogP contribution in [0.1, 0.15) is 59.5 Å². The summed E-state index contributed by atoms with van der Waals surface area (Å²) in [6, 6.07) is 9.93. The topological polar surface area (TPSA) is 92.7 Å². The zero-order chi connectivity index (χ0) is 17.6. The van der Waals surface area contributed by atoms with Gasteiger partial charge in [-0.3, -0.25) is 4.79 Å². The molecule has 0 aliphatic heterocycles. The standard InChI is InChI=1S/C19H20N4OS/c20-10-16-11-22-19(23-18(16)21)25-12-17(24)15-8-6-14(7-9-15)13-4-2-1-3-5-13/h6-9,11,13H,1-5,12H2,(H2,21,22,23). The molecule has 1 saturated carbocycles. The van der Waals surface area contributed by atoms with Crippen molar-refractivity contribution in [2.24, 2.45) is 0 Å². The zero-order valence-corrected chi connectivity index (χ0v) is 14.8. The second kappa shape index (κ2) is 8.13. The number of aromatic nitrogens is 2. The van der Waals surface area contributed by atoms with Crippen molar-refractivity contribution >= 4 is 23.4 Å². The van der Waals surface area contributed by atoms with Crippen LogP contribution in [0.3, 0.4) is 0 Å². The summed E-state index contributed by atoms with van der Waals surface area (Å²) in [7, 11) is 0. The van der Waals surface area contributed by atoms with Crippen LogP contribution in [0.2, 0.25) is 0 Å². The summed E-state index contributed by atoms with van der Waals surface area (Å²) in [5, 5.41) is 9.23. The number of hydrogen-bond donors (Lipinski definition) is 1. The highest BCUT2D eigenvalue weighted by Gasteiger charge is 2.16. The minimum atomic E-state index is 0.0340. The van der Waals surface area contributed by atoms with Gasteiger partial charge in [0.1, 0.15) is 17.5 Å². The molecule has 1 aliphatic carbocycles. The van der Waals surface area contributed by atoms with E-state index in [1.807, 2.05) is 18.2 Å². The van der Waals surface area contributed by atoms with Crippen LogP contribution >= 0.6 is 11.8 Å². The van der Waals surface area contributed by atoms with Gasteiger partial charge in [-0.25, -0.2) is 9.97 Å². The number of benzene rings is 1. The molecule has 3 rings (SSSR count). The molecule has 0 radical (unpaired) electrons. The molecule has 5 nitrogen and oxygen atoms in total. The van der Waals surface area contributed by atoms with Crippen molar-refractivity contribution in [3.63, 3.8) is 0 Å². The average Bonchev–Trinajstić information content (AvgIpc) is 2.67. The highest BCUT2D eigenvalue weighted by molar-refractivity contribution is 7.99. The maximum Gasteiger partial charge on any atom is 0.189 e. The van der Waals surface area contributed by atoms with Crippen LogP contribution in [0.4, 0.5) is 5.82 Å². The summed E-state index contributed by atoms with van der Waals surface area (Å²) in [6.07, 6.45) is 7.83. The van der Waals surface area contributed by atoms with E-state index in [2.05, 4.69) is 22.1 Å². The Labute approximate surface area is 151 Å². The van der Waals surface area contributed by atoms with Crippen LogP contribution in [0.5, 0.6) is 0 Å². The molecule has 1 aromatic carbocycles. The average molecular weight is 352 g/mol. The lowest BCUT2D eigenvalue weighted by Crippen LogP contribution is -2.07. The van der Waals surface area contributed by atoms with Crippen molar-refractivity contribution in [3.8, 4) is 6.07 Å². The van der Waals surface area contributed by atoms with Crippen molar-refractivity contribution in [2.45, 2.75) is 43.2 Å². The van der Waals surface area contributed by atoms with Gasteiger partial charge in [0.25, 0.3) is 0 Å². The molecule has 1 aliphatic rings. The third-order valence-electron chi connectivity index (χ3n) is 4.56. The molecule has 0 bridgehead atoms. The lowest BCUT2D eigenvalue weighted by molar-refractivity contribution is 0.102. The fraction of sp³-hybridized carbons (Fsp3) is 0.368. The number of thioether (sulfide) groups is 1. The van der Waals surface area contributed by atoms with Gasteiger partial charge in [-0.2, -0.15) is 5.26 Å². The van der Waals surface area contributed by atoms with Crippen LogP contribution in [0.25, 0.3) is 0 Å². The highest BCUT2D eigenvalue weighted by Crippen LogP contribution is 2.32. The number of ketones is 1. The number of nitrogen functional groups attached to an aromatic ring is 1. The smallest absolute Gasteiger partial charge is 0.189 e. The van der Waals surface area contributed by atoms with Crippen molar-refractivity contribution in [3.05, 3.63) is 47.2 Å². The fourth-order valence-electron chi connectivity index (χ4n) is 3.12. The summed E-state index contributed by atoms with van der Waals surface area (Å²) < 4.78 is 0. The second-order valence-electron chi connectivity index (χ2n) is 6.23. The number of anilines is 1. The van der Waals surface area contributed by atoms with Gasteiger partial charge in [0.2, 0.25) is 0 Å². The lowest BCUT2D eigenvalue weighted by Gasteiger charge is -2.22. The summed E-state index contributed by atoms with van der Waals surface area (Å²) >= 11 is 1.23. The molecule has 6 heteroatoms. The third-order valence-corrected chi connectivity index (χ3v) is 5.42. The van der Waals surface area contributed by atoms with Crippen LogP contribution in [0.15, 0.2) is 35.6 Å².